The molecule has 2 rings (SSSR count). The van der Waals surface area contributed by atoms with E-state index in [-0.39, 0.29) is 11.4 Å². The molecule has 0 bridgehead atoms. The highest BCUT2D eigenvalue weighted by molar-refractivity contribution is 6.39. The maximum Gasteiger partial charge on any atom is 0.314 e. The molecule has 112 valence electrons. The van der Waals surface area contributed by atoms with Gasteiger partial charge < -0.3 is 10.2 Å². The topological polar surface area (TPSA) is 92.5 Å². The average molecular weight is 291 g/mol. The number of nitrogens with zero attached hydrogens (tertiary/aromatic N) is 2. The molecular formula is C14H17N3O4. The Morgan fingerprint density at radius 2 is 1.71 bits per heavy atom. The van der Waals surface area contributed by atoms with E-state index in [0.29, 0.717) is 13.1 Å². The Labute approximate surface area is 122 Å². The van der Waals surface area contributed by atoms with Crippen molar-refractivity contribution < 1.29 is 14.5 Å². The first-order chi connectivity index (χ1) is 10.1. The molecule has 21 heavy (non-hydrogen) atoms. The highest BCUT2D eigenvalue weighted by Gasteiger charge is 2.24. The van der Waals surface area contributed by atoms with E-state index in [2.05, 4.69) is 5.32 Å². The molecule has 1 aliphatic rings. The lowest BCUT2D eigenvalue weighted by atomic mass is 10.2. The van der Waals surface area contributed by atoms with E-state index in [0.717, 1.165) is 25.7 Å². The first-order valence-electron chi connectivity index (χ1n) is 6.93. The number of nitro benzene ring substituents is 1. The molecule has 1 aliphatic heterocycles. The number of benzene rings is 1. The average Bonchev–Trinajstić information content (AvgIpc) is 2.75. The molecule has 1 saturated heterocycles. The fraction of sp³-hybridized carbons (Fsp3) is 0.429. The first kappa shape index (κ1) is 15.0. The van der Waals surface area contributed by atoms with Gasteiger partial charge in [-0.2, -0.15) is 0 Å². The van der Waals surface area contributed by atoms with Gasteiger partial charge in [0.25, 0.3) is 5.69 Å². The van der Waals surface area contributed by atoms with E-state index in [1.807, 2.05) is 0 Å². The molecule has 0 saturated carbocycles. The SMILES string of the molecule is O=C(Nc1ccccc1[N+](=O)[O-])C(=O)N1CCCCCC1. The van der Waals surface area contributed by atoms with Crippen LogP contribution in [0.25, 0.3) is 0 Å². The molecule has 1 heterocycles. The zero-order chi connectivity index (χ0) is 15.2. The van der Waals surface area contributed by atoms with Gasteiger partial charge in [0.15, 0.2) is 0 Å². The number of para-hydroxylation sites is 2. The molecule has 0 spiro atoms. The normalized spacial score (nSPS) is 15.1. The minimum Gasteiger partial charge on any atom is -0.334 e. The number of rotatable bonds is 2. The van der Waals surface area contributed by atoms with Crippen molar-refractivity contribution in [2.24, 2.45) is 0 Å². The van der Waals surface area contributed by atoms with Crippen LogP contribution in [-0.4, -0.2) is 34.7 Å². The van der Waals surface area contributed by atoms with Gasteiger partial charge in [-0.25, -0.2) is 0 Å². The molecular weight excluding hydrogens is 274 g/mol. The van der Waals surface area contributed by atoms with Gasteiger partial charge in [0, 0.05) is 19.2 Å². The third-order valence-corrected chi connectivity index (χ3v) is 3.44. The van der Waals surface area contributed by atoms with Gasteiger partial charge in [0.05, 0.1) is 4.92 Å². The lowest BCUT2D eigenvalue weighted by Gasteiger charge is -2.19. The zero-order valence-electron chi connectivity index (χ0n) is 11.6. The Morgan fingerprint density at radius 3 is 2.33 bits per heavy atom. The maximum atomic E-state index is 12.1. The Kier molecular flexibility index (Phi) is 4.86. The summed E-state index contributed by atoms with van der Waals surface area (Å²) in [6.07, 6.45) is 3.86. The molecule has 1 aromatic rings. The van der Waals surface area contributed by atoms with Crippen molar-refractivity contribution in [2.45, 2.75) is 25.7 Å². The highest BCUT2D eigenvalue weighted by Crippen LogP contribution is 2.23. The third-order valence-electron chi connectivity index (χ3n) is 3.44. The number of carbonyl (C=O) groups excluding carboxylic acids is 2. The standard InChI is InChI=1S/C14H17N3O4/c18-13(14(19)16-9-5-1-2-6-10-16)15-11-7-3-4-8-12(11)17(20)21/h3-4,7-8H,1-2,5-6,9-10H2,(H,15,18). The monoisotopic (exact) mass is 291 g/mol. The van der Waals surface area contributed by atoms with E-state index in [9.17, 15) is 19.7 Å². The second-order valence-electron chi connectivity index (χ2n) is 4.93. The van der Waals surface area contributed by atoms with Crippen LogP contribution in [0.5, 0.6) is 0 Å². The molecule has 2 amide bonds. The number of hydrogen-bond acceptors (Lipinski definition) is 4. The number of nitrogens with one attached hydrogen (secondary N) is 1. The minimum absolute atomic E-state index is 0.0377. The van der Waals surface area contributed by atoms with Crippen molar-refractivity contribution in [1.29, 1.82) is 0 Å². The fourth-order valence-electron chi connectivity index (χ4n) is 2.33. The third kappa shape index (κ3) is 3.77. The maximum absolute atomic E-state index is 12.1. The second kappa shape index (κ2) is 6.83. The van der Waals surface area contributed by atoms with Crippen LogP contribution >= 0.6 is 0 Å². The summed E-state index contributed by atoms with van der Waals surface area (Å²) < 4.78 is 0. The van der Waals surface area contributed by atoms with Crippen LogP contribution in [0, 0.1) is 10.1 Å². The van der Waals surface area contributed by atoms with Crippen LogP contribution in [-0.2, 0) is 9.59 Å². The van der Waals surface area contributed by atoms with Gasteiger partial charge in [-0.05, 0) is 18.9 Å². The van der Waals surface area contributed by atoms with Crippen LogP contribution in [0.1, 0.15) is 25.7 Å². The van der Waals surface area contributed by atoms with Crippen LogP contribution in [0.15, 0.2) is 24.3 Å². The van der Waals surface area contributed by atoms with Gasteiger partial charge >= 0.3 is 11.8 Å². The number of amides is 2. The van der Waals surface area contributed by atoms with Crippen molar-refractivity contribution in [3.8, 4) is 0 Å². The number of carbonyl (C=O) groups is 2. The fourth-order valence-corrected chi connectivity index (χ4v) is 2.33. The summed E-state index contributed by atoms with van der Waals surface area (Å²) >= 11 is 0. The Balaban J connectivity index is 2.07. The van der Waals surface area contributed by atoms with E-state index < -0.39 is 16.7 Å². The van der Waals surface area contributed by atoms with Crippen molar-refractivity contribution in [1.82, 2.24) is 4.90 Å². The van der Waals surface area contributed by atoms with E-state index in [1.54, 1.807) is 6.07 Å². The van der Waals surface area contributed by atoms with Crippen molar-refractivity contribution in [2.75, 3.05) is 18.4 Å². The first-order valence-corrected chi connectivity index (χ1v) is 6.93. The Hall–Kier alpha value is -2.44. The Morgan fingerprint density at radius 1 is 1.10 bits per heavy atom. The van der Waals surface area contributed by atoms with E-state index in [1.165, 1.54) is 23.1 Å². The van der Waals surface area contributed by atoms with Crippen LogP contribution in [0.2, 0.25) is 0 Å². The minimum atomic E-state index is -0.828. The van der Waals surface area contributed by atoms with Crippen LogP contribution in [0.3, 0.4) is 0 Å². The number of likely N-dealkylation sites (tertiary alicyclic amines) is 1. The molecule has 7 nitrogen and oxygen atoms in total. The summed E-state index contributed by atoms with van der Waals surface area (Å²) in [7, 11) is 0. The Bertz CT molecular complexity index is 551. The molecule has 0 radical (unpaired) electrons. The van der Waals surface area contributed by atoms with Crippen LogP contribution in [0.4, 0.5) is 11.4 Å². The molecule has 0 unspecified atom stereocenters. The van der Waals surface area contributed by atoms with E-state index >= 15 is 0 Å². The molecule has 7 heteroatoms. The second-order valence-corrected chi connectivity index (χ2v) is 4.93. The predicted octanol–water partition coefficient (Wildman–Crippen LogP) is 1.94. The lowest BCUT2D eigenvalue weighted by Crippen LogP contribution is -2.40. The molecule has 1 N–H and O–H groups in total. The summed E-state index contributed by atoms with van der Waals surface area (Å²) in [5, 5.41) is 13.2. The lowest BCUT2D eigenvalue weighted by molar-refractivity contribution is -0.383. The summed E-state index contributed by atoms with van der Waals surface area (Å²) in [5.74, 6) is -1.46. The van der Waals surface area contributed by atoms with Gasteiger partial charge in [0.2, 0.25) is 0 Å². The van der Waals surface area contributed by atoms with Crippen molar-refractivity contribution >= 4 is 23.2 Å². The predicted molar refractivity (Wildman–Crippen MR) is 76.8 cm³/mol. The molecule has 1 aromatic carbocycles. The summed E-state index contributed by atoms with van der Waals surface area (Å²) in [4.78, 5) is 35.9. The molecule has 0 atom stereocenters. The summed E-state index contributed by atoms with van der Waals surface area (Å²) in [6.45, 7) is 1.12. The molecule has 0 aliphatic carbocycles. The number of hydrogen-bond donors (Lipinski definition) is 1. The number of nitro groups is 1. The number of anilines is 1. The largest absolute Gasteiger partial charge is 0.334 e. The smallest absolute Gasteiger partial charge is 0.314 e. The highest BCUT2D eigenvalue weighted by atomic mass is 16.6. The zero-order valence-corrected chi connectivity index (χ0v) is 11.6. The van der Waals surface area contributed by atoms with Gasteiger partial charge in [-0.1, -0.05) is 25.0 Å². The van der Waals surface area contributed by atoms with Gasteiger partial charge in [-0.15, -0.1) is 0 Å². The van der Waals surface area contributed by atoms with E-state index in [4.69, 9.17) is 0 Å². The molecule has 0 aromatic heterocycles. The summed E-state index contributed by atoms with van der Waals surface area (Å²) in [5.41, 5.74) is -0.190. The van der Waals surface area contributed by atoms with Gasteiger partial charge in [-0.3, -0.25) is 19.7 Å². The van der Waals surface area contributed by atoms with Crippen molar-refractivity contribution in [3.05, 3.63) is 34.4 Å². The summed E-state index contributed by atoms with van der Waals surface area (Å²) in [6, 6.07) is 5.77. The van der Waals surface area contributed by atoms with Gasteiger partial charge in [0.1, 0.15) is 5.69 Å². The van der Waals surface area contributed by atoms with Crippen LogP contribution < -0.4 is 5.32 Å². The molecule has 1 fully saturated rings. The van der Waals surface area contributed by atoms with Crippen molar-refractivity contribution in [3.63, 3.8) is 0 Å². The quantitative estimate of drug-likeness (QED) is 0.512.